The van der Waals surface area contributed by atoms with E-state index in [1.54, 1.807) is 13.2 Å². The highest BCUT2D eigenvalue weighted by molar-refractivity contribution is 5.94. The Balaban J connectivity index is 1.48. The topological polar surface area (TPSA) is 62.3 Å². The van der Waals surface area contributed by atoms with Gasteiger partial charge in [0.25, 0.3) is 5.91 Å². The first-order valence-electron chi connectivity index (χ1n) is 10.7. The summed E-state index contributed by atoms with van der Waals surface area (Å²) in [5.41, 5.74) is 3.50. The number of carbonyl (C=O) groups is 2. The number of aromatic nitrogens is 1. The molecule has 1 aliphatic rings. The van der Waals surface area contributed by atoms with Gasteiger partial charge in [0.05, 0.1) is 5.41 Å². The summed E-state index contributed by atoms with van der Waals surface area (Å²) < 4.78 is 0. The molecule has 158 valence electrons. The van der Waals surface area contributed by atoms with Crippen molar-refractivity contribution in [3.63, 3.8) is 0 Å². The van der Waals surface area contributed by atoms with Gasteiger partial charge in [0, 0.05) is 38.1 Å². The Labute approximate surface area is 183 Å². The molecular weight excluding hydrogens is 386 g/mol. The fourth-order valence-electron chi connectivity index (χ4n) is 4.39. The standard InChI is InChI=1S/C26H27N3O2/c1-27-25(31)26(13-16-29(17-14-26)24(30)22-6-3-2-4-7-22)18-20-9-11-21(12-10-20)23-8-5-15-28-19-23/h2-12,15,19H,13-14,16-18H2,1H3,(H,27,31). The van der Waals surface area contributed by atoms with Gasteiger partial charge >= 0.3 is 0 Å². The lowest BCUT2D eigenvalue weighted by Gasteiger charge is -2.40. The van der Waals surface area contributed by atoms with E-state index >= 15 is 0 Å². The predicted octanol–water partition coefficient (Wildman–Crippen LogP) is 3.96. The molecule has 1 aliphatic heterocycles. The summed E-state index contributed by atoms with van der Waals surface area (Å²) in [5.74, 6) is 0.0857. The van der Waals surface area contributed by atoms with Gasteiger partial charge in [-0.2, -0.15) is 0 Å². The normalized spacial score (nSPS) is 15.3. The molecule has 2 amide bonds. The average molecular weight is 414 g/mol. The molecule has 0 unspecified atom stereocenters. The monoisotopic (exact) mass is 413 g/mol. The molecule has 1 fully saturated rings. The van der Waals surface area contributed by atoms with Gasteiger partial charge in [-0.1, -0.05) is 48.5 Å². The van der Waals surface area contributed by atoms with Gasteiger partial charge in [-0.25, -0.2) is 0 Å². The van der Waals surface area contributed by atoms with Gasteiger partial charge in [0.15, 0.2) is 0 Å². The minimum atomic E-state index is -0.502. The zero-order valence-electron chi connectivity index (χ0n) is 17.8. The molecule has 1 N–H and O–H groups in total. The molecule has 0 aliphatic carbocycles. The smallest absolute Gasteiger partial charge is 0.253 e. The Morgan fingerprint density at radius 2 is 1.65 bits per heavy atom. The number of piperidine rings is 1. The summed E-state index contributed by atoms with van der Waals surface area (Å²) in [6.45, 7) is 1.16. The molecular formula is C26H27N3O2. The van der Waals surface area contributed by atoms with Crippen LogP contribution in [0.2, 0.25) is 0 Å². The van der Waals surface area contributed by atoms with Crippen molar-refractivity contribution in [3.05, 3.63) is 90.3 Å². The van der Waals surface area contributed by atoms with E-state index in [1.165, 1.54) is 0 Å². The van der Waals surface area contributed by atoms with E-state index in [2.05, 4.69) is 34.6 Å². The Morgan fingerprint density at radius 3 is 2.26 bits per heavy atom. The van der Waals surface area contributed by atoms with Crippen molar-refractivity contribution in [2.24, 2.45) is 5.41 Å². The first-order valence-corrected chi connectivity index (χ1v) is 10.7. The molecule has 1 saturated heterocycles. The number of hydrogen-bond donors (Lipinski definition) is 1. The molecule has 0 spiro atoms. The number of nitrogens with zero attached hydrogens (tertiary/aromatic N) is 2. The van der Waals surface area contributed by atoms with Crippen LogP contribution in [0, 0.1) is 5.41 Å². The molecule has 2 heterocycles. The number of amides is 2. The third-order valence-corrected chi connectivity index (χ3v) is 6.23. The molecule has 5 nitrogen and oxygen atoms in total. The van der Waals surface area contributed by atoms with E-state index < -0.39 is 5.41 Å². The first-order chi connectivity index (χ1) is 15.1. The summed E-state index contributed by atoms with van der Waals surface area (Å²) in [4.78, 5) is 31.7. The molecule has 0 saturated carbocycles. The van der Waals surface area contributed by atoms with Crippen molar-refractivity contribution in [1.29, 1.82) is 0 Å². The third-order valence-electron chi connectivity index (χ3n) is 6.23. The average Bonchev–Trinajstić information content (AvgIpc) is 2.85. The van der Waals surface area contributed by atoms with Gasteiger partial charge in [-0.05, 0) is 54.2 Å². The minimum absolute atomic E-state index is 0.0342. The van der Waals surface area contributed by atoms with Crippen LogP contribution in [0.1, 0.15) is 28.8 Å². The Bertz CT molecular complexity index is 1030. The highest BCUT2D eigenvalue weighted by Gasteiger charge is 2.41. The maximum Gasteiger partial charge on any atom is 0.253 e. The zero-order chi connectivity index (χ0) is 21.7. The molecule has 0 bridgehead atoms. The predicted molar refractivity (Wildman–Crippen MR) is 121 cm³/mol. The van der Waals surface area contributed by atoms with Crippen LogP contribution in [0.5, 0.6) is 0 Å². The maximum atomic E-state index is 12.9. The van der Waals surface area contributed by atoms with E-state index in [-0.39, 0.29) is 11.8 Å². The summed E-state index contributed by atoms with van der Waals surface area (Å²) >= 11 is 0. The van der Waals surface area contributed by atoms with Crippen molar-refractivity contribution >= 4 is 11.8 Å². The molecule has 0 atom stereocenters. The van der Waals surface area contributed by atoms with Crippen LogP contribution in [-0.4, -0.2) is 41.8 Å². The molecule has 1 aromatic heterocycles. The fraction of sp³-hybridized carbons (Fsp3) is 0.269. The second kappa shape index (κ2) is 9.13. The van der Waals surface area contributed by atoms with Gasteiger partial charge in [0.2, 0.25) is 5.91 Å². The number of hydrogen-bond acceptors (Lipinski definition) is 3. The van der Waals surface area contributed by atoms with Crippen LogP contribution in [0.4, 0.5) is 0 Å². The highest BCUT2D eigenvalue weighted by atomic mass is 16.2. The number of benzene rings is 2. The Kier molecular flexibility index (Phi) is 6.12. The van der Waals surface area contributed by atoms with Crippen LogP contribution < -0.4 is 5.32 Å². The number of pyridine rings is 1. The Morgan fingerprint density at radius 1 is 0.935 bits per heavy atom. The number of rotatable bonds is 5. The van der Waals surface area contributed by atoms with Crippen molar-refractivity contribution < 1.29 is 9.59 Å². The van der Waals surface area contributed by atoms with E-state index in [9.17, 15) is 9.59 Å². The fourth-order valence-corrected chi connectivity index (χ4v) is 4.39. The van der Waals surface area contributed by atoms with Gasteiger partial charge in [-0.3, -0.25) is 14.6 Å². The Hall–Kier alpha value is -3.47. The van der Waals surface area contributed by atoms with Crippen LogP contribution >= 0.6 is 0 Å². The number of carbonyl (C=O) groups excluding carboxylic acids is 2. The second-order valence-electron chi connectivity index (χ2n) is 8.13. The molecule has 4 rings (SSSR count). The molecule has 0 radical (unpaired) electrons. The molecule has 31 heavy (non-hydrogen) atoms. The van der Waals surface area contributed by atoms with Crippen LogP contribution in [0.3, 0.4) is 0 Å². The first kappa shape index (κ1) is 20.8. The molecule has 5 heteroatoms. The van der Waals surface area contributed by atoms with Crippen molar-refractivity contribution in [3.8, 4) is 11.1 Å². The van der Waals surface area contributed by atoms with E-state index in [4.69, 9.17) is 0 Å². The number of nitrogens with one attached hydrogen (secondary N) is 1. The van der Waals surface area contributed by atoms with Crippen molar-refractivity contribution in [2.45, 2.75) is 19.3 Å². The quantitative estimate of drug-likeness (QED) is 0.689. The SMILES string of the molecule is CNC(=O)C1(Cc2ccc(-c3cccnc3)cc2)CCN(C(=O)c2ccccc2)CC1. The number of likely N-dealkylation sites (tertiary alicyclic amines) is 1. The lowest BCUT2D eigenvalue weighted by atomic mass is 9.72. The van der Waals surface area contributed by atoms with Gasteiger partial charge in [-0.15, -0.1) is 0 Å². The van der Waals surface area contributed by atoms with Gasteiger partial charge in [0.1, 0.15) is 0 Å². The van der Waals surface area contributed by atoms with Gasteiger partial charge < -0.3 is 10.2 Å². The van der Waals surface area contributed by atoms with E-state index in [0.29, 0.717) is 37.9 Å². The summed E-state index contributed by atoms with van der Waals surface area (Å²) in [5, 5.41) is 2.86. The van der Waals surface area contributed by atoms with E-state index in [1.807, 2.05) is 53.6 Å². The van der Waals surface area contributed by atoms with Crippen molar-refractivity contribution in [2.75, 3.05) is 20.1 Å². The molecule has 3 aromatic rings. The van der Waals surface area contributed by atoms with Crippen LogP contribution in [-0.2, 0) is 11.2 Å². The zero-order valence-corrected chi connectivity index (χ0v) is 17.8. The lowest BCUT2D eigenvalue weighted by molar-refractivity contribution is -0.133. The van der Waals surface area contributed by atoms with E-state index in [0.717, 1.165) is 16.7 Å². The summed E-state index contributed by atoms with van der Waals surface area (Å²) in [7, 11) is 1.69. The second-order valence-corrected chi connectivity index (χ2v) is 8.13. The summed E-state index contributed by atoms with van der Waals surface area (Å²) in [6.07, 6.45) is 5.57. The maximum absolute atomic E-state index is 12.9. The third kappa shape index (κ3) is 4.50. The van der Waals surface area contributed by atoms with Crippen LogP contribution in [0.25, 0.3) is 11.1 Å². The minimum Gasteiger partial charge on any atom is -0.359 e. The summed E-state index contributed by atoms with van der Waals surface area (Å²) in [6, 6.07) is 21.6. The highest BCUT2D eigenvalue weighted by Crippen LogP contribution is 2.36. The van der Waals surface area contributed by atoms with Crippen LogP contribution in [0.15, 0.2) is 79.1 Å². The van der Waals surface area contributed by atoms with Crippen molar-refractivity contribution in [1.82, 2.24) is 15.2 Å². The largest absolute Gasteiger partial charge is 0.359 e. The molecule has 2 aromatic carbocycles. The lowest BCUT2D eigenvalue weighted by Crippen LogP contribution is -2.50.